The van der Waals surface area contributed by atoms with E-state index in [0.29, 0.717) is 0 Å². The highest BCUT2D eigenvalue weighted by atomic mass is 16.6. The average molecular weight is 237 g/mol. The van der Waals surface area contributed by atoms with E-state index < -0.39 is 11.9 Å². The van der Waals surface area contributed by atoms with Gasteiger partial charge in [0.2, 0.25) is 5.91 Å². The van der Waals surface area contributed by atoms with Gasteiger partial charge in [0.1, 0.15) is 0 Å². The SMILES string of the molecule is CC(=O)Nc1ccccc1.CC(=O)OC(C)=O. The number of rotatable bonds is 1. The van der Waals surface area contributed by atoms with Gasteiger partial charge < -0.3 is 10.1 Å². The molecule has 5 heteroatoms. The van der Waals surface area contributed by atoms with Crippen molar-refractivity contribution in [1.82, 2.24) is 0 Å². The second-order valence-electron chi connectivity index (χ2n) is 3.13. The fraction of sp³-hybridized carbons (Fsp3) is 0.250. The maximum atomic E-state index is 10.5. The van der Waals surface area contributed by atoms with Crippen LogP contribution in [0, 0.1) is 0 Å². The van der Waals surface area contributed by atoms with Crippen molar-refractivity contribution in [2.24, 2.45) is 0 Å². The molecule has 0 radical (unpaired) electrons. The molecule has 0 aromatic heterocycles. The number of esters is 2. The third kappa shape index (κ3) is 10.1. The molecular formula is C12H15NO4. The number of benzene rings is 1. The number of anilines is 1. The van der Waals surface area contributed by atoms with Crippen molar-refractivity contribution in [2.75, 3.05) is 5.32 Å². The molecule has 0 bridgehead atoms. The molecule has 5 nitrogen and oxygen atoms in total. The van der Waals surface area contributed by atoms with E-state index in [4.69, 9.17) is 0 Å². The molecule has 1 rings (SSSR count). The molecule has 0 saturated heterocycles. The van der Waals surface area contributed by atoms with E-state index in [-0.39, 0.29) is 5.91 Å². The van der Waals surface area contributed by atoms with Gasteiger partial charge >= 0.3 is 11.9 Å². The van der Waals surface area contributed by atoms with Crippen LogP contribution in [0.5, 0.6) is 0 Å². The largest absolute Gasteiger partial charge is 0.394 e. The molecule has 1 aromatic rings. The Labute approximate surface area is 99.8 Å². The fourth-order valence-electron chi connectivity index (χ4n) is 0.927. The van der Waals surface area contributed by atoms with E-state index >= 15 is 0 Å². The molecule has 0 heterocycles. The fourth-order valence-corrected chi connectivity index (χ4v) is 0.927. The van der Waals surface area contributed by atoms with Crippen molar-refractivity contribution in [3.05, 3.63) is 30.3 Å². The minimum atomic E-state index is -0.562. The lowest BCUT2D eigenvalue weighted by atomic mass is 10.3. The Kier molecular flexibility index (Phi) is 7.01. The van der Waals surface area contributed by atoms with Crippen molar-refractivity contribution < 1.29 is 19.1 Å². The van der Waals surface area contributed by atoms with Gasteiger partial charge in [-0.25, -0.2) is 0 Å². The summed E-state index contributed by atoms with van der Waals surface area (Å²) in [7, 11) is 0. The first kappa shape index (κ1) is 14.8. The predicted octanol–water partition coefficient (Wildman–Crippen LogP) is 1.74. The summed E-state index contributed by atoms with van der Waals surface area (Å²) in [5.74, 6) is -1.16. The smallest absolute Gasteiger partial charge is 0.310 e. The first-order valence-electron chi connectivity index (χ1n) is 4.93. The van der Waals surface area contributed by atoms with E-state index in [9.17, 15) is 14.4 Å². The van der Waals surface area contributed by atoms with Gasteiger partial charge in [-0.05, 0) is 12.1 Å². The normalized spacial score (nSPS) is 8.41. The van der Waals surface area contributed by atoms with E-state index in [1.807, 2.05) is 30.3 Å². The number of hydrogen-bond acceptors (Lipinski definition) is 4. The molecule has 0 fully saturated rings. The molecule has 1 N–H and O–H groups in total. The van der Waals surface area contributed by atoms with Crippen LogP contribution < -0.4 is 5.32 Å². The lowest BCUT2D eigenvalue weighted by Crippen LogP contribution is -2.04. The lowest BCUT2D eigenvalue weighted by molar-refractivity contribution is -0.156. The van der Waals surface area contributed by atoms with Crippen LogP contribution in [-0.2, 0) is 19.1 Å². The van der Waals surface area contributed by atoms with E-state index in [1.165, 1.54) is 20.8 Å². The monoisotopic (exact) mass is 237 g/mol. The molecule has 0 aliphatic heterocycles. The molecule has 0 atom stereocenters. The second kappa shape index (κ2) is 8.04. The zero-order chi connectivity index (χ0) is 13.3. The Bertz CT molecular complexity index is 375. The van der Waals surface area contributed by atoms with Gasteiger partial charge in [-0.1, -0.05) is 18.2 Å². The highest BCUT2D eigenvalue weighted by Crippen LogP contribution is 2.03. The van der Waals surface area contributed by atoms with E-state index in [0.717, 1.165) is 5.69 Å². The van der Waals surface area contributed by atoms with Crippen LogP contribution >= 0.6 is 0 Å². The maximum Gasteiger partial charge on any atom is 0.310 e. The topological polar surface area (TPSA) is 72.5 Å². The summed E-state index contributed by atoms with van der Waals surface area (Å²) in [5.41, 5.74) is 0.843. The Morgan fingerprint density at radius 1 is 0.941 bits per heavy atom. The highest BCUT2D eigenvalue weighted by Gasteiger charge is 1.93. The summed E-state index contributed by atoms with van der Waals surface area (Å²) in [6.45, 7) is 3.86. The minimum Gasteiger partial charge on any atom is -0.394 e. The Morgan fingerprint density at radius 2 is 1.41 bits per heavy atom. The van der Waals surface area contributed by atoms with Gasteiger partial charge in [-0.2, -0.15) is 0 Å². The number of hydrogen-bond donors (Lipinski definition) is 1. The van der Waals surface area contributed by atoms with Gasteiger partial charge in [0.05, 0.1) is 0 Å². The Hall–Kier alpha value is -2.17. The highest BCUT2D eigenvalue weighted by molar-refractivity contribution is 5.88. The zero-order valence-corrected chi connectivity index (χ0v) is 10.0. The van der Waals surface area contributed by atoms with Crippen molar-refractivity contribution in [3.63, 3.8) is 0 Å². The molecule has 0 unspecified atom stereocenters. The molecule has 1 aromatic carbocycles. The van der Waals surface area contributed by atoms with Gasteiger partial charge in [0.25, 0.3) is 0 Å². The summed E-state index contributed by atoms with van der Waals surface area (Å²) in [5, 5.41) is 2.67. The molecule has 17 heavy (non-hydrogen) atoms. The van der Waals surface area contributed by atoms with Gasteiger partial charge in [0.15, 0.2) is 0 Å². The number of para-hydroxylation sites is 1. The Morgan fingerprint density at radius 3 is 1.71 bits per heavy atom. The van der Waals surface area contributed by atoms with Crippen molar-refractivity contribution >= 4 is 23.5 Å². The molecule has 92 valence electrons. The third-order valence-electron chi connectivity index (χ3n) is 1.38. The third-order valence-corrected chi connectivity index (χ3v) is 1.38. The van der Waals surface area contributed by atoms with Crippen LogP contribution in [0.1, 0.15) is 20.8 Å². The van der Waals surface area contributed by atoms with Crippen LogP contribution in [0.15, 0.2) is 30.3 Å². The first-order chi connectivity index (χ1) is 7.91. The molecule has 0 aliphatic rings. The van der Waals surface area contributed by atoms with Crippen LogP contribution in [0.25, 0.3) is 0 Å². The van der Waals surface area contributed by atoms with Crippen molar-refractivity contribution in [3.8, 4) is 0 Å². The molecule has 0 spiro atoms. The maximum absolute atomic E-state index is 10.5. The first-order valence-corrected chi connectivity index (χ1v) is 4.93. The molecule has 1 amide bonds. The van der Waals surface area contributed by atoms with Crippen LogP contribution in [0.3, 0.4) is 0 Å². The molecule has 0 aliphatic carbocycles. The number of carbonyl (C=O) groups is 3. The van der Waals surface area contributed by atoms with Crippen molar-refractivity contribution in [2.45, 2.75) is 20.8 Å². The predicted molar refractivity (Wildman–Crippen MR) is 63.2 cm³/mol. The summed E-state index contributed by atoms with van der Waals surface area (Å²) in [4.78, 5) is 30.1. The summed E-state index contributed by atoms with van der Waals surface area (Å²) in [6.07, 6.45) is 0. The summed E-state index contributed by atoms with van der Waals surface area (Å²) < 4.78 is 3.97. The molecule has 0 saturated carbocycles. The Balaban J connectivity index is 0.000000325. The average Bonchev–Trinajstić information content (AvgIpc) is 2.16. The lowest BCUT2D eigenvalue weighted by Gasteiger charge is -1.98. The molecular weight excluding hydrogens is 222 g/mol. The summed E-state index contributed by atoms with van der Waals surface area (Å²) in [6, 6.07) is 9.37. The number of ether oxygens (including phenoxy) is 1. The van der Waals surface area contributed by atoms with Crippen LogP contribution in [0.4, 0.5) is 5.69 Å². The van der Waals surface area contributed by atoms with Gasteiger partial charge in [-0.3, -0.25) is 14.4 Å². The van der Waals surface area contributed by atoms with Gasteiger partial charge in [0, 0.05) is 26.5 Å². The van der Waals surface area contributed by atoms with E-state index in [1.54, 1.807) is 0 Å². The van der Waals surface area contributed by atoms with Crippen LogP contribution in [-0.4, -0.2) is 17.8 Å². The van der Waals surface area contributed by atoms with Crippen molar-refractivity contribution in [1.29, 1.82) is 0 Å². The zero-order valence-electron chi connectivity index (χ0n) is 10.0. The van der Waals surface area contributed by atoms with Gasteiger partial charge in [-0.15, -0.1) is 0 Å². The number of amides is 1. The number of carbonyl (C=O) groups excluding carboxylic acids is 3. The van der Waals surface area contributed by atoms with Crippen LogP contribution in [0.2, 0.25) is 0 Å². The number of nitrogens with one attached hydrogen (secondary N) is 1. The quantitative estimate of drug-likeness (QED) is 0.596. The second-order valence-corrected chi connectivity index (χ2v) is 3.13. The van der Waals surface area contributed by atoms with E-state index in [2.05, 4.69) is 10.1 Å². The standard InChI is InChI=1S/C8H9NO.C4H6O3/c1-7(10)9-8-5-3-2-4-6-8;1-3(5)7-4(2)6/h2-6H,1H3,(H,9,10);1-2H3. The summed E-state index contributed by atoms with van der Waals surface area (Å²) >= 11 is 0. The minimum absolute atomic E-state index is 0.0359.